The molecular formula is C18H21NO. The van der Waals surface area contributed by atoms with E-state index < -0.39 is 0 Å². The molecule has 20 heavy (non-hydrogen) atoms. The van der Waals surface area contributed by atoms with Crippen LogP contribution in [0.15, 0.2) is 61.2 Å². The lowest BCUT2D eigenvalue weighted by Gasteiger charge is -2.05. The van der Waals surface area contributed by atoms with E-state index in [0.29, 0.717) is 12.2 Å². The molecule has 0 radical (unpaired) electrons. The Bertz CT molecular complexity index is 562. The zero-order valence-corrected chi connectivity index (χ0v) is 9.97. The van der Waals surface area contributed by atoms with Crippen molar-refractivity contribution in [1.82, 2.24) is 0 Å². The highest BCUT2D eigenvalue weighted by atomic mass is 16.5. The van der Waals surface area contributed by atoms with Crippen LogP contribution in [0.25, 0.3) is 11.1 Å². The first-order chi connectivity index (χ1) is 8.83. The summed E-state index contributed by atoms with van der Waals surface area (Å²) in [6.45, 7) is 4.12. The summed E-state index contributed by atoms with van der Waals surface area (Å²) >= 11 is 0. The van der Waals surface area contributed by atoms with Crippen molar-refractivity contribution in [2.24, 2.45) is 0 Å². The fraction of sp³-hybridized carbons (Fsp3) is 0.167. The maximum Gasteiger partial charge on any atom is 0.119 e. The Morgan fingerprint density at radius 2 is 1.45 bits per heavy atom. The molecule has 0 saturated carbocycles. The number of nitrogens with zero attached hydrogens (tertiary/aromatic N) is 1. The molecule has 0 aromatic heterocycles. The van der Waals surface area contributed by atoms with Crippen molar-refractivity contribution in [3.05, 3.63) is 66.7 Å². The average molecular weight is 267 g/mol. The van der Waals surface area contributed by atoms with Crippen LogP contribution in [-0.2, 0) is 0 Å². The third kappa shape index (κ3) is 4.29. The van der Waals surface area contributed by atoms with Crippen LogP contribution >= 0.6 is 0 Å². The van der Waals surface area contributed by atoms with Gasteiger partial charge in [-0.25, -0.2) is 0 Å². The van der Waals surface area contributed by atoms with E-state index in [0.717, 1.165) is 16.9 Å². The van der Waals surface area contributed by atoms with Crippen molar-refractivity contribution in [3.8, 4) is 22.9 Å². The molecule has 0 saturated heterocycles. The Balaban J connectivity index is 0.00000180. The van der Waals surface area contributed by atoms with E-state index in [1.165, 1.54) is 0 Å². The molecule has 0 aliphatic rings. The number of hydrogen-bond donors (Lipinski definition) is 0. The molecular weight excluding hydrogens is 246 g/mol. The minimum absolute atomic E-state index is 0. The summed E-state index contributed by atoms with van der Waals surface area (Å²) in [5, 5.41) is 8.74. The first kappa shape index (κ1) is 17.5. The molecule has 2 aromatic rings. The fourth-order valence-electron chi connectivity index (χ4n) is 1.64. The number of hydrogen-bond acceptors (Lipinski definition) is 2. The Kier molecular flexibility index (Phi) is 7.47. The normalized spacial score (nSPS) is 8.55. The number of benzene rings is 2. The van der Waals surface area contributed by atoms with Gasteiger partial charge < -0.3 is 4.74 Å². The van der Waals surface area contributed by atoms with Crippen LogP contribution in [0.4, 0.5) is 0 Å². The highest BCUT2D eigenvalue weighted by Crippen LogP contribution is 2.22. The van der Waals surface area contributed by atoms with Gasteiger partial charge in [-0.15, -0.1) is 0 Å². The van der Waals surface area contributed by atoms with Crippen LogP contribution in [0.5, 0.6) is 5.75 Å². The van der Waals surface area contributed by atoms with Crippen molar-refractivity contribution in [1.29, 1.82) is 5.26 Å². The van der Waals surface area contributed by atoms with E-state index in [9.17, 15) is 0 Å². The van der Waals surface area contributed by atoms with Crippen molar-refractivity contribution in [2.75, 3.05) is 6.61 Å². The topological polar surface area (TPSA) is 33.0 Å². The van der Waals surface area contributed by atoms with Crippen LogP contribution in [0.3, 0.4) is 0 Å². The highest BCUT2D eigenvalue weighted by molar-refractivity contribution is 5.64. The zero-order valence-electron chi connectivity index (χ0n) is 9.97. The Morgan fingerprint density at radius 3 is 1.90 bits per heavy atom. The van der Waals surface area contributed by atoms with Gasteiger partial charge in [-0.1, -0.05) is 51.8 Å². The second kappa shape index (κ2) is 8.55. The van der Waals surface area contributed by atoms with Gasteiger partial charge in [0.25, 0.3) is 0 Å². The summed E-state index contributed by atoms with van der Waals surface area (Å²) in [5.41, 5.74) is 2.86. The Hall–Kier alpha value is -2.53. The van der Waals surface area contributed by atoms with E-state index >= 15 is 0 Å². The maximum absolute atomic E-state index is 8.74. The molecule has 2 rings (SSSR count). The highest BCUT2D eigenvalue weighted by Gasteiger charge is 1.98. The molecule has 104 valence electrons. The molecule has 0 N–H and O–H groups in total. The molecule has 0 unspecified atom stereocenters. The summed E-state index contributed by atoms with van der Waals surface area (Å²) < 4.78 is 5.42. The van der Waals surface area contributed by atoms with Gasteiger partial charge >= 0.3 is 0 Å². The largest absolute Gasteiger partial charge is 0.490 e. The van der Waals surface area contributed by atoms with E-state index in [1.54, 1.807) is 6.08 Å². The minimum atomic E-state index is 0. The predicted molar refractivity (Wildman–Crippen MR) is 85.7 cm³/mol. The van der Waals surface area contributed by atoms with Gasteiger partial charge in [0.1, 0.15) is 12.4 Å². The van der Waals surface area contributed by atoms with Gasteiger partial charge in [0.05, 0.1) is 11.6 Å². The van der Waals surface area contributed by atoms with Crippen LogP contribution in [0.2, 0.25) is 0 Å². The predicted octanol–water partition coefficient (Wildman–Crippen LogP) is 5.06. The first-order valence-corrected chi connectivity index (χ1v) is 5.68. The molecule has 0 fully saturated rings. The molecule has 2 heteroatoms. The summed E-state index contributed by atoms with van der Waals surface area (Å²) in [4.78, 5) is 0. The Labute approximate surface area is 122 Å². The second-order valence-corrected chi connectivity index (χ2v) is 3.81. The molecule has 2 nitrogen and oxygen atoms in total. The van der Waals surface area contributed by atoms with E-state index in [-0.39, 0.29) is 14.9 Å². The molecule has 0 spiro atoms. The molecule has 0 amide bonds. The summed E-state index contributed by atoms with van der Waals surface area (Å²) in [6.07, 6.45) is 1.72. The van der Waals surface area contributed by atoms with E-state index in [4.69, 9.17) is 10.00 Å². The third-order valence-corrected chi connectivity index (χ3v) is 2.57. The van der Waals surface area contributed by atoms with Gasteiger partial charge in [0.15, 0.2) is 0 Å². The quantitative estimate of drug-likeness (QED) is 0.725. The number of ether oxygens (including phenoxy) is 1. The molecule has 0 aliphatic carbocycles. The monoisotopic (exact) mass is 267 g/mol. The third-order valence-electron chi connectivity index (χ3n) is 2.57. The van der Waals surface area contributed by atoms with Gasteiger partial charge in [0.2, 0.25) is 0 Å². The van der Waals surface area contributed by atoms with Crippen LogP contribution in [-0.4, -0.2) is 6.61 Å². The van der Waals surface area contributed by atoms with Crippen molar-refractivity contribution >= 4 is 0 Å². The average Bonchev–Trinajstić information content (AvgIpc) is 2.46. The van der Waals surface area contributed by atoms with E-state index in [2.05, 4.69) is 12.6 Å². The zero-order chi connectivity index (χ0) is 12.8. The molecule has 0 atom stereocenters. The van der Waals surface area contributed by atoms with Gasteiger partial charge in [-0.2, -0.15) is 5.26 Å². The van der Waals surface area contributed by atoms with Gasteiger partial charge in [-0.05, 0) is 35.4 Å². The maximum atomic E-state index is 8.74. The summed E-state index contributed by atoms with van der Waals surface area (Å²) in [5.74, 6) is 0.826. The smallest absolute Gasteiger partial charge is 0.119 e. The molecule has 2 aromatic carbocycles. The second-order valence-electron chi connectivity index (χ2n) is 3.81. The van der Waals surface area contributed by atoms with Crippen molar-refractivity contribution in [2.45, 2.75) is 14.9 Å². The summed E-state index contributed by atoms with van der Waals surface area (Å²) in [6, 6.07) is 17.5. The minimum Gasteiger partial charge on any atom is -0.490 e. The van der Waals surface area contributed by atoms with Gasteiger partial charge in [-0.3, -0.25) is 0 Å². The van der Waals surface area contributed by atoms with Crippen LogP contribution in [0.1, 0.15) is 20.4 Å². The molecule has 0 aliphatic heterocycles. The van der Waals surface area contributed by atoms with Crippen LogP contribution < -0.4 is 4.74 Å². The molecule has 0 bridgehead atoms. The van der Waals surface area contributed by atoms with Crippen molar-refractivity contribution in [3.63, 3.8) is 0 Å². The SMILES string of the molecule is C.C.C=CCOc1ccc(-c2ccc(C#N)cc2)cc1. The fourth-order valence-corrected chi connectivity index (χ4v) is 1.64. The van der Waals surface area contributed by atoms with Crippen molar-refractivity contribution < 1.29 is 4.74 Å². The lowest BCUT2D eigenvalue weighted by molar-refractivity contribution is 0.363. The Morgan fingerprint density at radius 1 is 0.950 bits per heavy atom. The summed E-state index contributed by atoms with van der Waals surface area (Å²) in [7, 11) is 0. The standard InChI is InChI=1S/C16H13NO.2CH4/c1-2-11-18-16-9-7-15(8-10-16)14-5-3-13(12-17)4-6-14;;/h2-10H,1,11H2;2*1H4. The van der Waals surface area contributed by atoms with Gasteiger partial charge in [0, 0.05) is 0 Å². The van der Waals surface area contributed by atoms with Crippen LogP contribution in [0, 0.1) is 11.3 Å². The molecule has 0 heterocycles. The lowest BCUT2D eigenvalue weighted by atomic mass is 10.0. The van der Waals surface area contributed by atoms with E-state index in [1.807, 2.05) is 48.5 Å². The first-order valence-electron chi connectivity index (χ1n) is 5.68. The number of nitriles is 1. The lowest BCUT2D eigenvalue weighted by Crippen LogP contribution is -1.92. The number of rotatable bonds is 4.